The van der Waals surface area contributed by atoms with Crippen molar-refractivity contribution >= 4 is 11.9 Å². The molecule has 1 atom stereocenters. The molecule has 0 aromatic heterocycles. The Kier molecular flexibility index (Phi) is 13.9. The fraction of sp³-hybridized carbons (Fsp3) is 0.818. The zero-order valence-electron chi connectivity index (χ0n) is 16.8. The third-order valence-electron chi connectivity index (χ3n) is 4.93. The van der Waals surface area contributed by atoms with Gasteiger partial charge in [0, 0.05) is 6.42 Å². The van der Waals surface area contributed by atoms with Crippen LogP contribution in [0.3, 0.4) is 0 Å². The van der Waals surface area contributed by atoms with Gasteiger partial charge >= 0.3 is 5.97 Å². The molecule has 1 aliphatic rings. The van der Waals surface area contributed by atoms with Crippen LogP contribution in [0.15, 0.2) is 12.2 Å². The number of hydrogen-bond donors (Lipinski definition) is 1. The number of esters is 1. The maximum atomic E-state index is 11.7. The molecule has 0 saturated carbocycles. The fourth-order valence-corrected chi connectivity index (χ4v) is 3.24. The Hall–Kier alpha value is -1.32. The zero-order chi connectivity index (χ0) is 18.9. The van der Waals surface area contributed by atoms with E-state index in [9.17, 15) is 9.59 Å². The van der Waals surface area contributed by atoms with E-state index in [4.69, 9.17) is 4.74 Å². The van der Waals surface area contributed by atoms with Gasteiger partial charge in [0.2, 0.25) is 5.91 Å². The highest BCUT2D eigenvalue weighted by atomic mass is 16.5. The molecule has 1 N–H and O–H groups in total. The van der Waals surface area contributed by atoms with Crippen LogP contribution in [-0.4, -0.2) is 24.5 Å². The van der Waals surface area contributed by atoms with Gasteiger partial charge in [0.1, 0.15) is 6.04 Å². The molecule has 0 radical (unpaired) electrons. The number of unbranched alkanes of at least 4 members (excludes halogenated alkanes) is 11. The van der Waals surface area contributed by atoms with Gasteiger partial charge in [0.25, 0.3) is 0 Å². The Morgan fingerprint density at radius 3 is 2.12 bits per heavy atom. The second-order valence-corrected chi connectivity index (χ2v) is 7.41. The molecule has 1 amide bonds. The SMILES string of the molecule is CCCCCCCC/C=C/CCCCCCCOC(=O)[C@@H]1CCC(=O)N1. The topological polar surface area (TPSA) is 55.4 Å². The molecule has 1 heterocycles. The van der Waals surface area contributed by atoms with Crippen LogP contribution < -0.4 is 5.32 Å². The second kappa shape index (κ2) is 15.9. The molecule has 0 aliphatic carbocycles. The van der Waals surface area contributed by atoms with E-state index in [0.29, 0.717) is 19.4 Å². The van der Waals surface area contributed by atoms with Crippen LogP contribution >= 0.6 is 0 Å². The maximum Gasteiger partial charge on any atom is 0.328 e. The molecule has 1 rings (SSSR count). The van der Waals surface area contributed by atoms with E-state index >= 15 is 0 Å². The minimum absolute atomic E-state index is 0.0482. The number of allylic oxidation sites excluding steroid dienone is 2. The molecule has 4 heteroatoms. The van der Waals surface area contributed by atoms with E-state index in [1.807, 2.05) is 0 Å². The summed E-state index contributed by atoms with van der Waals surface area (Å²) in [4.78, 5) is 22.8. The Bertz CT molecular complexity index is 406. The van der Waals surface area contributed by atoms with Crippen molar-refractivity contribution in [2.24, 2.45) is 0 Å². The third kappa shape index (κ3) is 12.1. The predicted octanol–water partition coefficient (Wildman–Crippen LogP) is 5.46. The molecule has 0 bridgehead atoms. The molecule has 150 valence electrons. The molecule has 0 unspecified atom stereocenters. The minimum Gasteiger partial charge on any atom is -0.464 e. The van der Waals surface area contributed by atoms with E-state index in [1.54, 1.807) is 0 Å². The third-order valence-corrected chi connectivity index (χ3v) is 4.93. The van der Waals surface area contributed by atoms with Gasteiger partial charge in [0.05, 0.1) is 6.61 Å². The number of rotatable bonds is 16. The van der Waals surface area contributed by atoms with Crippen LogP contribution in [0.2, 0.25) is 0 Å². The van der Waals surface area contributed by atoms with Crippen molar-refractivity contribution in [3.05, 3.63) is 12.2 Å². The largest absolute Gasteiger partial charge is 0.464 e. The van der Waals surface area contributed by atoms with Gasteiger partial charge in [-0.1, -0.05) is 70.4 Å². The van der Waals surface area contributed by atoms with Gasteiger partial charge in [-0.3, -0.25) is 4.79 Å². The lowest BCUT2D eigenvalue weighted by Gasteiger charge is -2.09. The van der Waals surface area contributed by atoms with Crippen molar-refractivity contribution in [2.45, 2.75) is 109 Å². The number of carbonyl (C=O) groups excluding carboxylic acids is 2. The van der Waals surface area contributed by atoms with E-state index < -0.39 is 6.04 Å². The Morgan fingerprint density at radius 1 is 0.962 bits per heavy atom. The lowest BCUT2D eigenvalue weighted by Crippen LogP contribution is -2.34. The van der Waals surface area contributed by atoms with Gasteiger partial charge in [-0.2, -0.15) is 0 Å². The minimum atomic E-state index is -0.411. The van der Waals surface area contributed by atoms with Crippen molar-refractivity contribution in [3.8, 4) is 0 Å². The van der Waals surface area contributed by atoms with Crippen LogP contribution in [0, 0.1) is 0 Å². The van der Waals surface area contributed by atoms with Crippen LogP contribution in [0.1, 0.15) is 103 Å². The highest BCUT2D eigenvalue weighted by Crippen LogP contribution is 2.11. The molecule has 0 aromatic carbocycles. The second-order valence-electron chi connectivity index (χ2n) is 7.41. The number of nitrogens with one attached hydrogen (secondary N) is 1. The van der Waals surface area contributed by atoms with Crippen LogP contribution in [0.25, 0.3) is 0 Å². The summed E-state index contributed by atoms with van der Waals surface area (Å²) in [5.41, 5.74) is 0. The molecule has 0 spiro atoms. The average Bonchev–Trinajstić information content (AvgIpc) is 3.07. The quantitative estimate of drug-likeness (QED) is 0.225. The van der Waals surface area contributed by atoms with Crippen molar-refractivity contribution in [3.63, 3.8) is 0 Å². The van der Waals surface area contributed by atoms with Gasteiger partial charge in [-0.25, -0.2) is 4.79 Å². The Balaban J connectivity index is 1.78. The molecule has 0 aromatic rings. The van der Waals surface area contributed by atoms with Crippen molar-refractivity contribution in [1.29, 1.82) is 0 Å². The molecule has 1 saturated heterocycles. The number of amides is 1. The number of ether oxygens (including phenoxy) is 1. The summed E-state index contributed by atoms with van der Waals surface area (Å²) in [6.45, 7) is 2.74. The summed E-state index contributed by atoms with van der Waals surface area (Å²) in [7, 11) is 0. The molecule has 26 heavy (non-hydrogen) atoms. The summed E-state index contributed by atoms with van der Waals surface area (Å²) < 4.78 is 5.22. The van der Waals surface area contributed by atoms with Crippen LogP contribution in [-0.2, 0) is 14.3 Å². The lowest BCUT2D eigenvalue weighted by atomic mass is 10.1. The van der Waals surface area contributed by atoms with Crippen LogP contribution in [0.5, 0.6) is 0 Å². The highest BCUT2D eigenvalue weighted by molar-refractivity contribution is 5.87. The van der Waals surface area contributed by atoms with Gasteiger partial charge < -0.3 is 10.1 Å². The Labute approximate surface area is 160 Å². The first kappa shape index (κ1) is 22.7. The summed E-state index contributed by atoms with van der Waals surface area (Å²) in [5.74, 6) is -0.320. The van der Waals surface area contributed by atoms with Gasteiger partial charge in [-0.05, 0) is 38.5 Å². The molecular weight excluding hydrogens is 326 g/mol. The smallest absolute Gasteiger partial charge is 0.328 e. The van der Waals surface area contributed by atoms with Gasteiger partial charge in [0.15, 0.2) is 0 Å². The van der Waals surface area contributed by atoms with E-state index in [1.165, 1.54) is 70.6 Å². The summed E-state index contributed by atoms with van der Waals surface area (Å²) >= 11 is 0. The van der Waals surface area contributed by atoms with E-state index in [-0.39, 0.29) is 11.9 Å². The summed E-state index contributed by atoms with van der Waals surface area (Å²) in [6, 6.07) is -0.411. The number of hydrogen-bond acceptors (Lipinski definition) is 3. The standard InChI is InChI=1S/C22H39NO3/c1-2-3-4-5-6-7-8-9-10-11-12-13-14-15-16-19-26-22(25)20-17-18-21(24)23-20/h9-10,20H,2-8,11-19H2,1H3,(H,23,24)/b10-9+/t20-/m0/s1. The number of carbonyl (C=O) groups is 2. The first-order chi connectivity index (χ1) is 12.7. The monoisotopic (exact) mass is 365 g/mol. The zero-order valence-corrected chi connectivity index (χ0v) is 16.8. The molecule has 1 aliphatic heterocycles. The van der Waals surface area contributed by atoms with Crippen LogP contribution in [0.4, 0.5) is 0 Å². The predicted molar refractivity (Wildman–Crippen MR) is 107 cm³/mol. The lowest BCUT2D eigenvalue weighted by molar-refractivity contribution is -0.146. The molecular formula is C22H39NO3. The normalized spacial score (nSPS) is 17.0. The first-order valence-corrected chi connectivity index (χ1v) is 10.8. The highest BCUT2D eigenvalue weighted by Gasteiger charge is 2.28. The Morgan fingerprint density at radius 2 is 1.54 bits per heavy atom. The van der Waals surface area contributed by atoms with Crippen molar-refractivity contribution in [1.82, 2.24) is 5.32 Å². The maximum absolute atomic E-state index is 11.7. The fourth-order valence-electron chi connectivity index (χ4n) is 3.24. The summed E-state index contributed by atoms with van der Waals surface area (Å²) in [6.07, 6.45) is 22.0. The van der Waals surface area contributed by atoms with Crippen molar-refractivity contribution < 1.29 is 14.3 Å². The summed E-state index contributed by atoms with van der Waals surface area (Å²) in [5, 5.41) is 2.64. The molecule has 1 fully saturated rings. The van der Waals surface area contributed by atoms with E-state index in [0.717, 1.165) is 12.8 Å². The first-order valence-electron chi connectivity index (χ1n) is 10.8. The van der Waals surface area contributed by atoms with Gasteiger partial charge in [-0.15, -0.1) is 0 Å². The van der Waals surface area contributed by atoms with Crippen molar-refractivity contribution in [2.75, 3.05) is 6.61 Å². The van der Waals surface area contributed by atoms with E-state index in [2.05, 4.69) is 24.4 Å². The average molecular weight is 366 g/mol. The molecule has 4 nitrogen and oxygen atoms in total.